The van der Waals surface area contributed by atoms with Crippen molar-refractivity contribution < 1.29 is 9.90 Å². The molecular weight excluding hydrogens is 250 g/mol. The molecular formula is C17H23NO2. The third-order valence-corrected chi connectivity index (χ3v) is 3.92. The van der Waals surface area contributed by atoms with Gasteiger partial charge in [-0.15, -0.1) is 0 Å². The van der Waals surface area contributed by atoms with Crippen molar-refractivity contribution >= 4 is 16.9 Å². The van der Waals surface area contributed by atoms with Crippen molar-refractivity contribution in [2.24, 2.45) is 0 Å². The highest BCUT2D eigenvalue weighted by atomic mass is 16.4. The summed E-state index contributed by atoms with van der Waals surface area (Å²) in [6.07, 6.45) is 0. The zero-order valence-corrected chi connectivity index (χ0v) is 13.1. The molecule has 1 N–H and O–H groups in total. The van der Waals surface area contributed by atoms with Gasteiger partial charge in [0, 0.05) is 17.1 Å². The molecule has 0 aliphatic heterocycles. The van der Waals surface area contributed by atoms with Crippen LogP contribution in [0.3, 0.4) is 0 Å². The van der Waals surface area contributed by atoms with E-state index < -0.39 is 5.97 Å². The molecule has 0 unspecified atom stereocenters. The fourth-order valence-corrected chi connectivity index (χ4v) is 3.29. The average Bonchev–Trinajstić information content (AvgIpc) is 2.61. The number of carbonyl (C=O) groups is 1. The lowest BCUT2D eigenvalue weighted by atomic mass is 9.97. The molecule has 3 nitrogen and oxygen atoms in total. The van der Waals surface area contributed by atoms with Crippen LogP contribution in [0.4, 0.5) is 0 Å². The molecule has 0 saturated carbocycles. The largest absolute Gasteiger partial charge is 0.478 e. The monoisotopic (exact) mass is 273 g/mol. The normalized spacial score (nSPS) is 11.8. The first-order chi connectivity index (χ1) is 9.25. The van der Waals surface area contributed by atoms with Crippen molar-refractivity contribution in [3.05, 3.63) is 34.5 Å². The third kappa shape index (κ3) is 2.11. The Morgan fingerprint density at radius 3 is 2.20 bits per heavy atom. The average molecular weight is 273 g/mol. The SMILES string of the molecule is Cc1cc(C(=O)O)cc2c(C(C)C)c(C)n(C(C)C)c12. The maximum absolute atomic E-state index is 11.3. The lowest BCUT2D eigenvalue weighted by Gasteiger charge is -2.14. The standard InChI is InChI=1S/C17H23NO2/c1-9(2)15-12(6)18(10(3)4)16-11(5)7-13(17(19)20)8-14(15)16/h7-10H,1-6H3,(H,19,20). The summed E-state index contributed by atoms with van der Waals surface area (Å²) in [5.74, 6) is -0.486. The van der Waals surface area contributed by atoms with Crippen molar-refractivity contribution in [2.75, 3.05) is 0 Å². The molecule has 108 valence electrons. The van der Waals surface area contributed by atoms with E-state index in [0.29, 0.717) is 17.5 Å². The molecule has 0 bridgehead atoms. The van der Waals surface area contributed by atoms with Crippen molar-refractivity contribution in [1.29, 1.82) is 0 Å². The summed E-state index contributed by atoms with van der Waals surface area (Å²) in [4.78, 5) is 11.3. The first-order valence-electron chi connectivity index (χ1n) is 7.14. The number of carboxylic acids is 1. The molecule has 2 aromatic rings. The number of benzene rings is 1. The number of aromatic nitrogens is 1. The Labute approximate surface area is 120 Å². The topological polar surface area (TPSA) is 42.2 Å². The molecule has 1 aromatic heterocycles. The Balaban J connectivity index is 2.97. The van der Waals surface area contributed by atoms with Gasteiger partial charge in [-0.2, -0.15) is 0 Å². The van der Waals surface area contributed by atoms with Gasteiger partial charge in [-0.05, 0) is 56.9 Å². The minimum absolute atomic E-state index is 0.361. The lowest BCUT2D eigenvalue weighted by molar-refractivity contribution is 0.0697. The minimum atomic E-state index is -0.861. The van der Waals surface area contributed by atoms with Crippen molar-refractivity contribution in [2.45, 2.75) is 53.5 Å². The molecule has 0 spiro atoms. The summed E-state index contributed by atoms with van der Waals surface area (Å²) in [6, 6.07) is 3.96. The summed E-state index contributed by atoms with van der Waals surface area (Å²) in [5.41, 5.74) is 5.09. The van der Waals surface area contributed by atoms with Gasteiger partial charge >= 0.3 is 5.97 Å². The molecule has 0 atom stereocenters. The first kappa shape index (κ1) is 14.6. The van der Waals surface area contributed by atoms with Crippen LogP contribution in [-0.4, -0.2) is 15.6 Å². The Kier molecular flexibility index (Phi) is 3.63. The minimum Gasteiger partial charge on any atom is -0.478 e. The van der Waals surface area contributed by atoms with Crippen LogP contribution in [0.1, 0.15) is 66.8 Å². The van der Waals surface area contributed by atoms with E-state index in [2.05, 4.69) is 39.2 Å². The molecule has 1 heterocycles. The van der Waals surface area contributed by atoms with Crippen LogP contribution in [0, 0.1) is 13.8 Å². The molecule has 0 aliphatic carbocycles. The van der Waals surface area contributed by atoms with Crippen molar-refractivity contribution in [3.8, 4) is 0 Å². The molecule has 0 saturated heterocycles. The Morgan fingerprint density at radius 1 is 1.15 bits per heavy atom. The number of rotatable bonds is 3. The number of aryl methyl sites for hydroxylation is 1. The van der Waals surface area contributed by atoms with Crippen LogP contribution in [-0.2, 0) is 0 Å². The van der Waals surface area contributed by atoms with E-state index in [4.69, 9.17) is 0 Å². The van der Waals surface area contributed by atoms with Crippen LogP contribution in [0.2, 0.25) is 0 Å². The summed E-state index contributed by atoms with van der Waals surface area (Å²) in [6.45, 7) is 12.8. The Hall–Kier alpha value is -1.77. The number of aromatic carboxylic acids is 1. The van der Waals surface area contributed by atoms with Crippen LogP contribution >= 0.6 is 0 Å². The van der Waals surface area contributed by atoms with Gasteiger partial charge in [-0.1, -0.05) is 13.8 Å². The van der Waals surface area contributed by atoms with E-state index in [9.17, 15) is 9.90 Å². The molecule has 3 heteroatoms. The van der Waals surface area contributed by atoms with E-state index in [-0.39, 0.29) is 0 Å². The summed E-state index contributed by atoms with van der Waals surface area (Å²) < 4.78 is 2.33. The van der Waals surface area contributed by atoms with Crippen LogP contribution in [0.25, 0.3) is 10.9 Å². The van der Waals surface area contributed by atoms with Gasteiger partial charge in [0.05, 0.1) is 11.1 Å². The number of hydrogen-bond acceptors (Lipinski definition) is 1. The number of nitrogens with zero attached hydrogens (tertiary/aromatic N) is 1. The second-order valence-corrected chi connectivity index (χ2v) is 6.11. The van der Waals surface area contributed by atoms with E-state index >= 15 is 0 Å². The zero-order chi connectivity index (χ0) is 15.2. The highest BCUT2D eigenvalue weighted by molar-refractivity contribution is 5.97. The van der Waals surface area contributed by atoms with Crippen molar-refractivity contribution in [1.82, 2.24) is 4.57 Å². The number of carboxylic acid groups (broad SMARTS) is 1. The second-order valence-electron chi connectivity index (χ2n) is 6.11. The van der Waals surface area contributed by atoms with Gasteiger partial charge in [0.1, 0.15) is 0 Å². The van der Waals surface area contributed by atoms with E-state index in [1.807, 2.05) is 13.0 Å². The molecule has 20 heavy (non-hydrogen) atoms. The van der Waals surface area contributed by atoms with E-state index in [1.165, 1.54) is 16.8 Å². The molecule has 1 aromatic carbocycles. The van der Waals surface area contributed by atoms with E-state index in [1.54, 1.807) is 6.07 Å². The predicted octanol–water partition coefficient (Wildman–Crippen LogP) is 4.66. The van der Waals surface area contributed by atoms with Gasteiger partial charge in [0.25, 0.3) is 0 Å². The predicted molar refractivity (Wildman–Crippen MR) is 82.8 cm³/mol. The lowest BCUT2D eigenvalue weighted by Crippen LogP contribution is -2.05. The van der Waals surface area contributed by atoms with Gasteiger partial charge < -0.3 is 9.67 Å². The Bertz CT molecular complexity index is 678. The maximum Gasteiger partial charge on any atom is 0.335 e. The third-order valence-electron chi connectivity index (χ3n) is 3.92. The molecule has 0 radical (unpaired) electrons. The molecule has 0 aliphatic rings. The highest BCUT2D eigenvalue weighted by Gasteiger charge is 2.21. The first-order valence-corrected chi connectivity index (χ1v) is 7.14. The van der Waals surface area contributed by atoms with Crippen LogP contribution in [0.5, 0.6) is 0 Å². The van der Waals surface area contributed by atoms with E-state index in [0.717, 1.165) is 10.9 Å². The smallest absolute Gasteiger partial charge is 0.335 e. The summed E-state index contributed by atoms with van der Waals surface area (Å²) in [7, 11) is 0. The fourth-order valence-electron chi connectivity index (χ4n) is 3.29. The quantitative estimate of drug-likeness (QED) is 0.883. The van der Waals surface area contributed by atoms with Gasteiger partial charge in [-0.25, -0.2) is 4.79 Å². The highest BCUT2D eigenvalue weighted by Crippen LogP contribution is 2.36. The van der Waals surface area contributed by atoms with Gasteiger partial charge in [0.15, 0.2) is 0 Å². The summed E-state index contributed by atoms with van der Waals surface area (Å²) >= 11 is 0. The van der Waals surface area contributed by atoms with Gasteiger partial charge in [0.2, 0.25) is 0 Å². The number of fused-ring (bicyclic) bond motifs is 1. The van der Waals surface area contributed by atoms with Gasteiger partial charge in [-0.3, -0.25) is 0 Å². The molecule has 0 amide bonds. The zero-order valence-electron chi connectivity index (χ0n) is 13.1. The van der Waals surface area contributed by atoms with Crippen LogP contribution in [0.15, 0.2) is 12.1 Å². The molecule has 2 rings (SSSR count). The summed E-state index contributed by atoms with van der Waals surface area (Å²) in [5, 5.41) is 10.4. The van der Waals surface area contributed by atoms with Crippen molar-refractivity contribution in [3.63, 3.8) is 0 Å². The number of hydrogen-bond donors (Lipinski definition) is 1. The maximum atomic E-state index is 11.3. The van der Waals surface area contributed by atoms with Crippen LogP contribution < -0.4 is 0 Å². The molecule has 0 fully saturated rings. The Morgan fingerprint density at radius 2 is 1.75 bits per heavy atom. The fraction of sp³-hybridized carbons (Fsp3) is 0.471. The second kappa shape index (κ2) is 4.97.